The first-order valence-electron chi connectivity index (χ1n) is 3.44. The van der Waals surface area contributed by atoms with Crippen LogP contribution in [0.1, 0.15) is 15.9 Å². The average Bonchev–Trinajstić information content (AvgIpc) is 2.33. The molecule has 0 saturated carbocycles. The fourth-order valence-corrected chi connectivity index (χ4v) is 1.20. The van der Waals surface area contributed by atoms with Crippen LogP contribution in [0.3, 0.4) is 0 Å². The molecule has 2 radical (unpaired) electrons. The molecule has 0 N–H and O–H groups in total. The predicted octanol–water partition coefficient (Wildman–Crippen LogP) is 0.592. The topological polar surface area (TPSA) is 33.2 Å². The second-order valence-corrected chi connectivity index (χ2v) is 2.54. The van der Waals surface area contributed by atoms with E-state index >= 15 is 0 Å². The first-order chi connectivity index (χ1) is 5.72. The second-order valence-electron chi connectivity index (χ2n) is 2.54. The number of hydrogen-bond donors (Lipinski definition) is 0. The standard InChI is InChI=1S/C8H5BN2O/c1-5-6-2-3-10-4-7(6)8(12)11(5)9/h2-4H,1H2. The molecule has 1 aliphatic rings. The van der Waals surface area contributed by atoms with E-state index in [4.69, 9.17) is 7.98 Å². The van der Waals surface area contributed by atoms with Crippen molar-refractivity contribution in [1.82, 2.24) is 9.79 Å². The van der Waals surface area contributed by atoms with Gasteiger partial charge >= 0.3 is 0 Å². The molecular formula is C8H5BN2O. The maximum Gasteiger partial charge on any atom is 0.247 e. The molecule has 1 amide bonds. The summed E-state index contributed by atoms with van der Waals surface area (Å²) in [6.07, 6.45) is 3.10. The fourth-order valence-electron chi connectivity index (χ4n) is 1.20. The molecule has 0 aliphatic carbocycles. The first kappa shape index (κ1) is 7.09. The van der Waals surface area contributed by atoms with E-state index in [0.717, 1.165) is 10.4 Å². The largest absolute Gasteiger partial charge is 0.365 e. The third-order valence-corrected chi connectivity index (χ3v) is 1.87. The third kappa shape index (κ3) is 0.719. The molecule has 1 aromatic heterocycles. The lowest BCUT2D eigenvalue weighted by molar-refractivity contribution is 0.0917. The Balaban J connectivity index is 2.67. The van der Waals surface area contributed by atoms with Gasteiger partial charge in [0, 0.05) is 23.7 Å². The van der Waals surface area contributed by atoms with E-state index in [1.54, 1.807) is 12.3 Å². The summed E-state index contributed by atoms with van der Waals surface area (Å²) in [4.78, 5) is 16.2. The van der Waals surface area contributed by atoms with Crippen molar-refractivity contribution in [2.45, 2.75) is 0 Å². The van der Waals surface area contributed by atoms with E-state index in [2.05, 4.69) is 11.6 Å². The number of rotatable bonds is 0. The van der Waals surface area contributed by atoms with Crippen LogP contribution in [-0.2, 0) is 0 Å². The summed E-state index contributed by atoms with van der Waals surface area (Å²) in [7, 11) is 5.43. The quantitative estimate of drug-likeness (QED) is 0.515. The summed E-state index contributed by atoms with van der Waals surface area (Å²) in [6, 6.07) is 1.72. The molecule has 2 heterocycles. The number of carbonyl (C=O) groups excluding carboxylic acids is 1. The summed E-state index contributed by atoms with van der Waals surface area (Å²) < 4.78 is 0. The summed E-state index contributed by atoms with van der Waals surface area (Å²) >= 11 is 0. The Bertz CT molecular complexity index is 340. The molecule has 0 aromatic carbocycles. The van der Waals surface area contributed by atoms with Crippen molar-refractivity contribution in [2.24, 2.45) is 0 Å². The van der Waals surface area contributed by atoms with Crippen LogP contribution in [0.5, 0.6) is 0 Å². The molecule has 56 valence electrons. The van der Waals surface area contributed by atoms with Gasteiger partial charge in [0.1, 0.15) is 0 Å². The molecule has 1 aromatic rings. The maximum atomic E-state index is 11.3. The van der Waals surface area contributed by atoms with Crippen molar-refractivity contribution in [3.63, 3.8) is 0 Å². The minimum atomic E-state index is -0.247. The van der Waals surface area contributed by atoms with E-state index in [0.29, 0.717) is 11.3 Å². The van der Waals surface area contributed by atoms with Crippen LogP contribution < -0.4 is 0 Å². The number of nitrogens with zero attached hydrogens (tertiary/aromatic N) is 2. The van der Waals surface area contributed by atoms with E-state index in [1.807, 2.05) is 0 Å². The highest BCUT2D eigenvalue weighted by Crippen LogP contribution is 2.27. The number of fused-ring (bicyclic) bond motifs is 1. The van der Waals surface area contributed by atoms with Crippen molar-refractivity contribution in [3.05, 3.63) is 36.2 Å². The number of hydrogen-bond acceptors (Lipinski definition) is 2. The smallest absolute Gasteiger partial charge is 0.247 e. The zero-order valence-electron chi connectivity index (χ0n) is 6.32. The van der Waals surface area contributed by atoms with Gasteiger partial charge in [-0.05, 0) is 6.07 Å². The van der Waals surface area contributed by atoms with Crippen molar-refractivity contribution in [2.75, 3.05) is 0 Å². The molecule has 2 rings (SSSR count). The van der Waals surface area contributed by atoms with E-state index in [9.17, 15) is 4.79 Å². The van der Waals surface area contributed by atoms with Crippen LogP contribution in [0.15, 0.2) is 25.0 Å². The van der Waals surface area contributed by atoms with Crippen LogP contribution in [-0.4, -0.2) is 23.7 Å². The van der Waals surface area contributed by atoms with E-state index in [-0.39, 0.29) is 5.91 Å². The molecule has 0 atom stereocenters. The normalized spacial score (nSPS) is 15.2. The highest BCUT2D eigenvalue weighted by atomic mass is 16.2. The minimum Gasteiger partial charge on any atom is -0.365 e. The lowest BCUT2D eigenvalue weighted by Gasteiger charge is -2.08. The Labute approximate surface area is 71.1 Å². The molecule has 12 heavy (non-hydrogen) atoms. The zero-order chi connectivity index (χ0) is 8.72. The highest BCUT2D eigenvalue weighted by Gasteiger charge is 2.26. The van der Waals surface area contributed by atoms with Crippen LogP contribution in [0, 0.1) is 0 Å². The number of amides is 1. The van der Waals surface area contributed by atoms with Crippen molar-refractivity contribution in [1.29, 1.82) is 0 Å². The summed E-state index contributed by atoms with van der Waals surface area (Å²) in [5.41, 5.74) is 1.81. The van der Waals surface area contributed by atoms with Gasteiger partial charge in [0.2, 0.25) is 13.9 Å². The Morgan fingerprint density at radius 1 is 1.50 bits per heavy atom. The second kappa shape index (κ2) is 2.20. The summed E-state index contributed by atoms with van der Waals surface area (Å²) in [6.45, 7) is 3.68. The molecule has 3 nitrogen and oxygen atoms in total. The maximum absolute atomic E-state index is 11.3. The van der Waals surface area contributed by atoms with Gasteiger partial charge < -0.3 is 4.81 Å². The van der Waals surface area contributed by atoms with Crippen LogP contribution >= 0.6 is 0 Å². The Kier molecular flexibility index (Phi) is 1.30. The van der Waals surface area contributed by atoms with Crippen LogP contribution in [0.4, 0.5) is 0 Å². The Morgan fingerprint density at radius 2 is 2.25 bits per heavy atom. The molecular weight excluding hydrogens is 151 g/mol. The molecule has 0 bridgehead atoms. The van der Waals surface area contributed by atoms with E-state index < -0.39 is 0 Å². The monoisotopic (exact) mass is 156 g/mol. The van der Waals surface area contributed by atoms with Gasteiger partial charge in [0.25, 0.3) is 0 Å². The molecule has 0 spiro atoms. The third-order valence-electron chi connectivity index (χ3n) is 1.87. The van der Waals surface area contributed by atoms with Gasteiger partial charge in [-0.1, -0.05) is 6.58 Å². The zero-order valence-corrected chi connectivity index (χ0v) is 6.32. The van der Waals surface area contributed by atoms with Crippen molar-refractivity contribution in [3.8, 4) is 0 Å². The van der Waals surface area contributed by atoms with Gasteiger partial charge in [0.15, 0.2) is 0 Å². The van der Waals surface area contributed by atoms with Gasteiger partial charge in [0.05, 0.1) is 5.56 Å². The molecule has 0 saturated heterocycles. The SMILES string of the molecule is [B]N1C(=C)c2ccncc2C1=O. The Hall–Kier alpha value is -1.58. The van der Waals surface area contributed by atoms with Gasteiger partial charge in [-0.15, -0.1) is 0 Å². The number of pyridine rings is 1. The molecule has 0 fully saturated rings. The van der Waals surface area contributed by atoms with Gasteiger partial charge in [-0.3, -0.25) is 9.78 Å². The van der Waals surface area contributed by atoms with E-state index in [1.165, 1.54) is 6.20 Å². The molecule has 4 heteroatoms. The van der Waals surface area contributed by atoms with Gasteiger partial charge in [-0.2, -0.15) is 0 Å². The number of carbonyl (C=O) groups is 1. The van der Waals surface area contributed by atoms with Crippen molar-refractivity contribution >= 4 is 19.6 Å². The average molecular weight is 156 g/mol. The van der Waals surface area contributed by atoms with Crippen LogP contribution in [0.25, 0.3) is 5.70 Å². The van der Waals surface area contributed by atoms with Gasteiger partial charge in [-0.25, -0.2) is 0 Å². The number of aromatic nitrogens is 1. The molecule has 0 unspecified atom stereocenters. The molecule has 1 aliphatic heterocycles. The fraction of sp³-hybridized carbons (Fsp3) is 0. The Morgan fingerprint density at radius 3 is 2.92 bits per heavy atom. The minimum absolute atomic E-state index is 0.247. The van der Waals surface area contributed by atoms with Crippen LogP contribution in [0.2, 0.25) is 0 Å². The highest BCUT2D eigenvalue weighted by molar-refractivity contribution is 6.27. The first-order valence-corrected chi connectivity index (χ1v) is 3.44. The van der Waals surface area contributed by atoms with Crippen molar-refractivity contribution < 1.29 is 4.79 Å². The predicted molar refractivity (Wildman–Crippen MR) is 45.2 cm³/mol. The lowest BCUT2D eigenvalue weighted by atomic mass is 10.1. The summed E-state index contributed by atoms with van der Waals surface area (Å²) in [5.74, 6) is -0.247. The summed E-state index contributed by atoms with van der Waals surface area (Å²) in [5, 5.41) is 0. The lowest BCUT2D eigenvalue weighted by Crippen LogP contribution is -2.18.